The SMILES string of the molecule is C=C1CC(c2nc3cc(OC)ccc3[nH]2)N(C(=O)c2ccccc2-c2csc(C)n2)C1. The number of aryl methyl sites for hydroxylation is 1. The van der Waals surface area contributed by atoms with Gasteiger partial charge < -0.3 is 14.6 Å². The highest BCUT2D eigenvalue weighted by Gasteiger charge is 2.35. The molecule has 4 aromatic rings. The van der Waals surface area contributed by atoms with E-state index in [0.717, 1.165) is 44.4 Å². The summed E-state index contributed by atoms with van der Waals surface area (Å²) in [6.45, 7) is 6.63. The number of methoxy groups -OCH3 is 1. The fourth-order valence-electron chi connectivity index (χ4n) is 4.08. The third kappa shape index (κ3) is 3.51. The number of aromatic amines is 1. The van der Waals surface area contributed by atoms with Crippen LogP contribution in [0.2, 0.25) is 0 Å². The number of ether oxygens (including phenoxy) is 1. The third-order valence-electron chi connectivity index (χ3n) is 5.59. The Morgan fingerprint density at radius 2 is 2.10 bits per heavy atom. The number of H-pyrrole nitrogens is 1. The van der Waals surface area contributed by atoms with Crippen molar-refractivity contribution in [2.24, 2.45) is 0 Å². The molecule has 2 aromatic carbocycles. The van der Waals surface area contributed by atoms with E-state index < -0.39 is 0 Å². The largest absolute Gasteiger partial charge is 0.497 e. The van der Waals surface area contributed by atoms with E-state index in [9.17, 15) is 4.79 Å². The van der Waals surface area contributed by atoms with Gasteiger partial charge in [0.1, 0.15) is 11.6 Å². The van der Waals surface area contributed by atoms with Gasteiger partial charge in [0.25, 0.3) is 5.91 Å². The molecule has 1 saturated heterocycles. The van der Waals surface area contributed by atoms with Crippen molar-refractivity contribution in [2.75, 3.05) is 13.7 Å². The van der Waals surface area contributed by atoms with Gasteiger partial charge in [-0.15, -0.1) is 11.3 Å². The fraction of sp³-hybridized carbons (Fsp3) is 0.208. The summed E-state index contributed by atoms with van der Waals surface area (Å²) in [5, 5.41) is 2.97. The van der Waals surface area contributed by atoms with Crippen molar-refractivity contribution < 1.29 is 9.53 Å². The van der Waals surface area contributed by atoms with Gasteiger partial charge in [0.05, 0.1) is 34.9 Å². The van der Waals surface area contributed by atoms with E-state index in [1.54, 1.807) is 18.4 Å². The number of imidazole rings is 1. The van der Waals surface area contributed by atoms with Crippen LogP contribution in [0.5, 0.6) is 5.75 Å². The number of carbonyl (C=O) groups is 1. The van der Waals surface area contributed by atoms with E-state index in [-0.39, 0.29) is 11.9 Å². The van der Waals surface area contributed by atoms with Gasteiger partial charge in [-0.3, -0.25) is 4.79 Å². The molecule has 3 heterocycles. The Morgan fingerprint density at radius 3 is 2.87 bits per heavy atom. The lowest BCUT2D eigenvalue weighted by Crippen LogP contribution is -2.31. The molecule has 1 aliphatic rings. The van der Waals surface area contributed by atoms with E-state index in [1.807, 2.05) is 59.7 Å². The molecule has 0 spiro atoms. The zero-order chi connectivity index (χ0) is 21.5. The Kier molecular flexibility index (Phi) is 4.82. The first kappa shape index (κ1) is 19.5. The maximum absolute atomic E-state index is 13.7. The summed E-state index contributed by atoms with van der Waals surface area (Å²) < 4.78 is 5.31. The molecule has 31 heavy (non-hydrogen) atoms. The van der Waals surface area contributed by atoms with Gasteiger partial charge in [-0.25, -0.2) is 9.97 Å². The summed E-state index contributed by atoms with van der Waals surface area (Å²) in [5.41, 5.74) is 5.07. The Balaban J connectivity index is 1.53. The number of likely N-dealkylation sites (tertiary alicyclic amines) is 1. The lowest BCUT2D eigenvalue weighted by atomic mass is 10.0. The quantitative estimate of drug-likeness (QED) is 0.455. The number of nitrogens with one attached hydrogen (secondary N) is 1. The van der Waals surface area contributed by atoms with Crippen LogP contribution >= 0.6 is 11.3 Å². The average molecular weight is 431 g/mol. The number of nitrogens with zero attached hydrogens (tertiary/aromatic N) is 3. The number of fused-ring (bicyclic) bond motifs is 1. The van der Waals surface area contributed by atoms with Gasteiger partial charge >= 0.3 is 0 Å². The monoisotopic (exact) mass is 430 g/mol. The van der Waals surface area contributed by atoms with E-state index >= 15 is 0 Å². The first-order valence-corrected chi connectivity index (χ1v) is 10.9. The molecule has 1 aliphatic heterocycles. The van der Waals surface area contributed by atoms with Gasteiger partial charge in [-0.1, -0.05) is 30.4 Å². The van der Waals surface area contributed by atoms with Crippen molar-refractivity contribution in [3.8, 4) is 17.0 Å². The molecule has 0 saturated carbocycles. The number of hydrogen-bond acceptors (Lipinski definition) is 5. The van der Waals surface area contributed by atoms with Crippen LogP contribution < -0.4 is 4.74 Å². The molecular formula is C24H22N4O2S. The number of benzene rings is 2. The summed E-state index contributed by atoms with van der Waals surface area (Å²) in [6.07, 6.45) is 0.681. The zero-order valence-electron chi connectivity index (χ0n) is 17.4. The smallest absolute Gasteiger partial charge is 0.255 e. The molecule has 2 aromatic heterocycles. The van der Waals surface area contributed by atoms with Crippen molar-refractivity contribution in [1.82, 2.24) is 19.9 Å². The third-order valence-corrected chi connectivity index (χ3v) is 6.36. The highest BCUT2D eigenvalue weighted by molar-refractivity contribution is 7.09. The van der Waals surface area contributed by atoms with Crippen LogP contribution in [0.4, 0.5) is 0 Å². The minimum Gasteiger partial charge on any atom is -0.497 e. The standard InChI is InChI=1S/C24H22N4O2S/c1-14-10-22(23-26-19-9-8-16(30-3)11-20(19)27-23)28(12-14)24(29)18-7-5-4-6-17(18)21-13-31-15(2)25-21/h4-9,11,13,22H,1,10,12H2,2-3H3,(H,26,27). The van der Waals surface area contributed by atoms with Gasteiger partial charge in [-0.2, -0.15) is 0 Å². The summed E-state index contributed by atoms with van der Waals surface area (Å²) in [5.74, 6) is 1.47. The van der Waals surface area contributed by atoms with E-state index in [1.165, 1.54) is 0 Å². The number of amides is 1. The van der Waals surface area contributed by atoms with Crippen molar-refractivity contribution in [3.05, 3.63) is 76.4 Å². The van der Waals surface area contributed by atoms with E-state index in [2.05, 4.69) is 16.5 Å². The molecule has 1 atom stereocenters. The first-order valence-electron chi connectivity index (χ1n) is 10.1. The number of thiazole rings is 1. The van der Waals surface area contributed by atoms with E-state index in [4.69, 9.17) is 9.72 Å². The van der Waals surface area contributed by atoms with Crippen LogP contribution in [0.15, 0.2) is 60.0 Å². The maximum Gasteiger partial charge on any atom is 0.255 e. The molecular weight excluding hydrogens is 408 g/mol. The topological polar surface area (TPSA) is 71.1 Å². The predicted molar refractivity (Wildman–Crippen MR) is 122 cm³/mol. The van der Waals surface area contributed by atoms with Crippen LogP contribution in [0.25, 0.3) is 22.3 Å². The molecule has 5 rings (SSSR count). The van der Waals surface area contributed by atoms with Crippen LogP contribution in [0, 0.1) is 6.92 Å². The second-order valence-electron chi connectivity index (χ2n) is 7.71. The van der Waals surface area contributed by atoms with Gasteiger partial charge in [-0.05, 0) is 31.5 Å². The van der Waals surface area contributed by atoms with Crippen molar-refractivity contribution in [1.29, 1.82) is 0 Å². The molecule has 1 N–H and O–H groups in total. The van der Waals surface area contributed by atoms with Crippen LogP contribution in [-0.4, -0.2) is 39.4 Å². The lowest BCUT2D eigenvalue weighted by Gasteiger charge is -2.23. The minimum atomic E-state index is -0.191. The van der Waals surface area contributed by atoms with Crippen molar-refractivity contribution >= 4 is 28.3 Å². The second kappa shape index (κ2) is 7.67. The molecule has 6 nitrogen and oxygen atoms in total. The molecule has 7 heteroatoms. The van der Waals surface area contributed by atoms with Gasteiger partial charge in [0.15, 0.2) is 0 Å². The Bertz CT molecular complexity index is 1310. The van der Waals surface area contributed by atoms with Crippen molar-refractivity contribution in [2.45, 2.75) is 19.4 Å². The summed E-state index contributed by atoms with van der Waals surface area (Å²) in [4.78, 5) is 28.3. The van der Waals surface area contributed by atoms with Gasteiger partial charge in [0, 0.05) is 29.1 Å². The number of hydrogen-bond donors (Lipinski definition) is 1. The summed E-state index contributed by atoms with van der Waals surface area (Å²) >= 11 is 1.58. The van der Waals surface area contributed by atoms with Crippen LogP contribution in [0.3, 0.4) is 0 Å². The van der Waals surface area contributed by atoms with Gasteiger partial charge in [0.2, 0.25) is 0 Å². The molecule has 0 radical (unpaired) electrons. The second-order valence-corrected chi connectivity index (χ2v) is 8.77. The summed E-state index contributed by atoms with van der Waals surface area (Å²) in [6, 6.07) is 13.2. The zero-order valence-corrected chi connectivity index (χ0v) is 18.2. The predicted octanol–water partition coefficient (Wildman–Crippen LogP) is 5.15. The molecule has 1 unspecified atom stereocenters. The van der Waals surface area contributed by atoms with Crippen molar-refractivity contribution in [3.63, 3.8) is 0 Å². The highest BCUT2D eigenvalue weighted by Crippen LogP contribution is 2.37. The molecule has 1 fully saturated rings. The molecule has 0 aliphatic carbocycles. The van der Waals surface area contributed by atoms with Crippen LogP contribution in [-0.2, 0) is 0 Å². The van der Waals surface area contributed by atoms with Crippen LogP contribution in [0.1, 0.15) is 33.7 Å². The molecule has 156 valence electrons. The summed E-state index contributed by atoms with van der Waals surface area (Å²) in [7, 11) is 1.64. The Labute approximate surface area is 184 Å². The molecule has 0 bridgehead atoms. The Hall–Kier alpha value is -3.45. The lowest BCUT2D eigenvalue weighted by molar-refractivity contribution is 0.0733. The average Bonchev–Trinajstić information content (AvgIpc) is 3.50. The maximum atomic E-state index is 13.7. The first-order chi connectivity index (χ1) is 15.0. The fourth-order valence-corrected chi connectivity index (χ4v) is 4.69. The molecule has 1 amide bonds. The number of aromatic nitrogens is 3. The normalized spacial score (nSPS) is 16.3. The Morgan fingerprint density at radius 1 is 1.26 bits per heavy atom. The van der Waals surface area contributed by atoms with E-state index in [0.29, 0.717) is 18.5 Å². The minimum absolute atomic E-state index is 0.0389. The highest BCUT2D eigenvalue weighted by atomic mass is 32.1. The number of rotatable bonds is 4. The number of carbonyl (C=O) groups excluding carboxylic acids is 1.